The molecule has 0 spiro atoms. The number of ether oxygens (including phenoxy) is 1. The van der Waals surface area contributed by atoms with Crippen LogP contribution in [0.5, 0.6) is 5.75 Å². The molecule has 124 valence electrons. The minimum Gasteiger partial charge on any atom is -0.494 e. The fourth-order valence-corrected chi connectivity index (χ4v) is 3.78. The predicted octanol–water partition coefficient (Wildman–Crippen LogP) is 2.82. The molecule has 7 heteroatoms. The smallest absolute Gasteiger partial charge is 0.204 e. The summed E-state index contributed by atoms with van der Waals surface area (Å²) in [5.41, 5.74) is 2.38. The van der Waals surface area contributed by atoms with Crippen molar-refractivity contribution in [3.05, 3.63) is 46.2 Å². The monoisotopic (exact) mass is 341 g/mol. The Kier molecular flexibility index (Phi) is 4.27. The number of nitrogens with zero attached hydrogens (tertiary/aromatic N) is 5. The van der Waals surface area contributed by atoms with Crippen LogP contribution in [-0.4, -0.2) is 38.3 Å². The SMILES string of the molecule is CCOc1ccc(-c2nnn(CN3CCc4sccc4C3)n2)cc1. The number of thiophene rings is 1. The highest BCUT2D eigenvalue weighted by molar-refractivity contribution is 7.10. The van der Waals surface area contributed by atoms with Crippen LogP contribution < -0.4 is 4.74 Å². The lowest BCUT2D eigenvalue weighted by molar-refractivity contribution is 0.177. The molecule has 1 aromatic carbocycles. The quantitative estimate of drug-likeness (QED) is 0.714. The summed E-state index contributed by atoms with van der Waals surface area (Å²) >= 11 is 1.85. The molecule has 4 rings (SSSR count). The maximum absolute atomic E-state index is 5.46. The maximum atomic E-state index is 5.46. The van der Waals surface area contributed by atoms with Gasteiger partial charge in [0, 0.05) is 23.5 Å². The zero-order chi connectivity index (χ0) is 16.4. The highest BCUT2D eigenvalue weighted by atomic mass is 32.1. The van der Waals surface area contributed by atoms with Crippen LogP contribution in [0.4, 0.5) is 0 Å². The average Bonchev–Trinajstić information content (AvgIpc) is 3.25. The third-order valence-corrected chi connectivity index (χ3v) is 5.11. The molecule has 3 aromatic rings. The molecule has 0 aliphatic carbocycles. The van der Waals surface area contributed by atoms with Crippen molar-refractivity contribution in [1.29, 1.82) is 0 Å². The zero-order valence-electron chi connectivity index (χ0n) is 13.6. The minimum absolute atomic E-state index is 0.645. The van der Waals surface area contributed by atoms with E-state index in [0.717, 1.165) is 30.8 Å². The minimum atomic E-state index is 0.645. The number of tetrazole rings is 1. The number of rotatable bonds is 5. The van der Waals surface area contributed by atoms with Crippen molar-refractivity contribution in [2.24, 2.45) is 0 Å². The van der Waals surface area contributed by atoms with Crippen LogP contribution in [0.3, 0.4) is 0 Å². The summed E-state index contributed by atoms with van der Waals surface area (Å²) < 4.78 is 5.46. The van der Waals surface area contributed by atoms with Crippen molar-refractivity contribution in [2.75, 3.05) is 13.2 Å². The van der Waals surface area contributed by atoms with Crippen LogP contribution >= 0.6 is 11.3 Å². The normalized spacial score (nSPS) is 14.5. The first-order chi connectivity index (χ1) is 11.8. The first-order valence-corrected chi connectivity index (χ1v) is 8.98. The van der Waals surface area contributed by atoms with E-state index in [9.17, 15) is 0 Å². The van der Waals surface area contributed by atoms with Gasteiger partial charge in [-0.05, 0) is 59.8 Å². The van der Waals surface area contributed by atoms with Gasteiger partial charge in [0.05, 0.1) is 6.61 Å². The molecule has 0 amide bonds. The standard InChI is InChI=1S/C17H19N5OS/c1-2-23-15-5-3-13(4-6-15)17-18-20-22(19-17)12-21-9-7-16-14(11-21)8-10-24-16/h3-6,8,10H,2,7,9,11-12H2,1H3. The third-order valence-electron chi connectivity index (χ3n) is 4.09. The van der Waals surface area contributed by atoms with Gasteiger partial charge in [-0.3, -0.25) is 4.90 Å². The summed E-state index contributed by atoms with van der Waals surface area (Å²) in [5, 5.41) is 15.1. The topological polar surface area (TPSA) is 56.1 Å². The number of hydrogen-bond donors (Lipinski definition) is 0. The summed E-state index contributed by atoms with van der Waals surface area (Å²) in [5.74, 6) is 1.50. The molecule has 0 saturated heterocycles. The lowest BCUT2D eigenvalue weighted by Crippen LogP contribution is -2.32. The number of benzene rings is 1. The van der Waals surface area contributed by atoms with Gasteiger partial charge < -0.3 is 4.74 Å². The molecule has 0 unspecified atom stereocenters. The van der Waals surface area contributed by atoms with Gasteiger partial charge in [-0.1, -0.05) is 0 Å². The number of aromatic nitrogens is 4. The maximum Gasteiger partial charge on any atom is 0.204 e. The van der Waals surface area contributed by atoms with Gasteiger partial charge in [0.1, 0.15) is 12.4 Å². The van der Waals surface area contributed by atoms with E-state index in [1.165, 1.54) is 10.4 Å². The van der Waals surface area contributed by atoms with Gasteiger partial charge in [0.25, 0.3) is 0 Å². The molecule has 3 heterocycles. The van der Waals surface area contributed by atoms with E-state index in [1.807, 2.05) is 42.5 Å². The predicted molar refractivity (Wildman–Crippen MR) is 92.9 cm³/mol. The summed E-state index contributed by atoms with van der Waals surface area (Å²) in [4.78, 5) is 5.52. The third kappa shape index (κ3) is 3.18. The van der Waals surface area contributed by atoms with Crippen molar-refractivity contribution in [3.8, 4) is 17.1 Å². The molecular weight excluding hydrogens is 322 g/mol. The van der Waals surface area contributed by atoms with Gasteiger partial charge in [0.15, 0.2) is 0 Å². The van der Waals surface area contributed by atoms with Crippen LogP contribution in [-0.2, 0) is 19.6 Å². The molecule has 0 saturated carbocycles. The average molecular weight is 341 g/mol. The van der Waals surface area contributed by atoms with E-state index in [4.69, 9.17) is 4.74 Å². The summed E-state index contributed by atoms with van der Waals surface area (Å²) in [6.45, 7) is 5.29. The molecular formula is C17H19N5OS. The van der Waals surface area contributed by atoms with E-state index >= 15 is 0 Å². The first-order valence-electron chi connectivity index (χ1n) is 8.10. The Bertz CT molecular complexity index is 811. The number of fused-ring (bicyclic) bond motifs is 1. The van der Waals surface area contributed by atoms with E-state index in [1.54, 1.807) is 4.80 Å². The lowest BCUT2D eigenvalue weighted by atomic mass is 10.1. The van der Waals surface area contributed by atoms with Gasteiger partial charge in [-0.25, -0.2) is 0 Å². The second kappa shape index (κ2) is 6.70. The molecule has 0 atom stereocenters. The lowest BCUT2D eigenvalue weighted by Gasteiger charge is -2.25. The van der Waals surface area contributed by atoms with Crippen LogP contribution in [0.25, 0.3) is 11.4 Å². The van der Waals surface area contributed by atoms with E-state index < -0.39 is 0 Å². The second-order valence-electron chi connectivity index (χ2n) is 5.76. The Morgan fingerprint density at radius 1 is 1.21 bits per heavy atom. The highest BCUT2D eigenvalue weighted by Gasteiger charge is 2.18. The Labute approximate surface area is 144 Å². The van der Waals surface area contributed by atoms with Crippen molar-refractivity contribution in [2.45, 2.75) is 26.6 Å². The molecule has 1 aliphatic rings. The fourth-order valence-electron chi connectivity index (χ4n) is 2.89. The molecule has 2 aromatic heterocycles. The Hall–Kier alpha value is -2.25. The van der Waals surface area contributed by atoms with Crippen molar-refractivity contribution in [3.63, 3.8) is 0 Å². The zero-order valence-corrected chi connectivity index (χ0v) is 14.4. The van der Waals surface area contributed by atoms with E-state index in [-0.39, 0.29) is 0 Å². The van der Waals surface area contributed by atoms with Gasteiger partial charge in [-0.2, -0.15) is 0 Å². The molecule has 0 radical (unpaired) electrons. The van der Waals surface area contributed by atoms with Gasteiger partial charge in [-0.15, -0.1) is 26.3 Å². The molecule has 1 aliphatic heterocycles. The molecule has 6 nitrogen and oxygen atoms in total. The van der Waals surface area contributed by atoms with Crippen LogP contribution in [0.1, 0.15) is 17.4 Å². The first kappa shape index (κ1) is 15.3. The largest absolute Gasteiger partial charge is 0.494 e. The Morgan fingerprint density at radius 2 is 2.08 bits per heavy atom. The van der Waals surface area contributed by atoms with Crippen molar-refractivity contribution < 1.29 is 4.74 Å². The van der Waals surface area contributed by atoms with E-state index in [0.29, 0.717) is 19.1 Å². The van der Waals surface area contributed by atoms with Crippen LogP contribution in [0.2, 0.25) is 0 Å². The van der Waals surface area contributed by atoms with Crippen LogP contribution in [0.15, 0.2) is 35.7 Å². The fraction of sp³-hybridized carbons (Fsp3) is 0.353. The van der Waals surface area contributed by atoms with Gasteiger partial charge in [0.2, 0.25) is 5.82 Å². The molecule has 0 fully saturated rings. The molecule has 0 bridgehead atoms. The van der Waals surface area contributed by atoms with Crippen LogP contribution in [0, 0.1) is 0 Å². The summed E-state index contributed by atoms with van der Waals surface area (Å²) in [7, 11) is 0. The Morgan fingerprint density at radius 3 is 2.92 bits per heavy atom. The summed E-state index contributed by atoms with van der Waals surface area (Å²) in [6, 6.07) is 10.0. The molecule has 0 N–H and O–H groups in total. The highest BCUT2D eigenvalue weighted by Crippen LogP contribution is 2.24. The van der Waals surface area contributed by atoms with Crippen molar-refractivity contribution >= 4 is 11.3 Å². The summed E-state index contributed by atoms with van der Waals surface area (Å²) in [6.07, 6.45) is 1.10. The van der Waals surface area contributed by atoms with E-state index in [2.05, 4.69) is 31.8 Å². The van der Waals surface area contributed by atoms with Crippen molar-refractivity contribution in [1.82, 2.24) is 25.1 Å². The second-order valence-corrected chi connectivity index (χ2v) is 6.76. The number of hydrogen-bond acceptors (Lipinski definition) is 6. The molecule has 24 heavy (non-hydrogen) atoms. The van der Waals surface area contributed by atoms with Gasteiger partial charge >= 0.3 is 0 Å². The Balaban J connectivity index is 1.43.